The maximum absolute atomic E-state index is 6.35. The molecular formula is C27H28Cl2N2S. The summed E-state index contributed by atoms with van der Waals surface area (Å²) in [6, 6.07) is 12.6. The van der Waals surface area contributed by atoms with E-state index in [0.29, 0.717) is 5.92 Å². The molecule has 5 heteroatoms. The van der Waals surface area contributed by atoms with E-state index < -0.39 is 0 Å². The van der Waals surface area contributed by atoms with E-state index in [-0.39, 0.29) is 0 Å². The summed E-state index contributed by atoms with van der Waals surface area (Å²) < 4.78 is 0. The van der Waals surface area contributed by atoms with Gasteiger partial charge in [0.05, 0.1) is 11.4 Å². The second-order valence-corrected chi connectivity index (χ2v) is 10.9. The third kappa shape index (κ3) is 5.51. The van der Waals surface area contributed by atoms with Crippen LogP contribution in [0.3, 0.4) is 0 Å². The van der Waals surface area contributed by atoms with Crippen molar-refractivity contribution in [1.29, 1.82) is 0 Å². The number of nitrogens with one attached hydrogen (secondary N) is 1. The van der Waals surface area contributed by atoms with Gasteiger partial charge in [-0.1, -0.05) is 67.0 Å². The smallest absolute Gasteiger partial charge is 0.0783 e. The molecular weight excluding hydrogens is 455 g/mol. The second kappa shape index (κ2) is 9.91. The van der Waals surface area contributed by atoms with Crippen LogP contribution in [0, 0.1) is 5.92 Å². The van der Waals surface area contributed by atoms with E-state index in [1.807, 2.05) is 31.2 Å². The summed E-state index contributed by atoms with van der Waals surface area (Å²) in [7, 11) is 0. The van der Waals surface area contributed by atoms with Crippen LogP contribution in [0.4, 0.5) is 5.69 Å². The zero-order chi connectivity index (χ0) is 22.8. The fourth-order valence-corrected chi connectivity index (χ4v) is 4.93. The third-order valence-corrected chi connectivity index (χ3v) is 6.86. The molecule has 2 aromatic carbocycles. The molecule has 166 valence electrons. The molecule has 0 amide bonds. The maximum Gasteiger partial charge on any atom is 0.0783 e. The lowest BCUT2D eigenvalue weighted by Crippen LogP contribution is -2.18. The highest BCUT2D eigenvalue weighted by atomic mass is 35.5. The Labute approximate surface area is 205 Å². The highest BCUT2D eigenvalue weighted by Crippen LogP contribution is 2.44. The van der Waals surface area contributed by atoms with E-state index in [1.54, 1.807) is 11.8 Å². The lowest BCUT2D eigenvalue weighted by molar-refractivity contribution is 0.617. The van der Waals surface area contributed by atoms with Crippen molar-refractivity contribution in [2.75, 3.05) is 6.54 Å². The van der Waals surface area contributed by atoms with Crippen molar-refractivity contribution in [1.82, 2.24) is 5.32 Å². The van der Waals surface area contributed by atoms with Crippen LogP contribution < -0.4 is 5.32 Å². The molecule has 0 aromatic heterocycles. The van der Waals surface area contributed by atoms with E-state index >= 15 is 0 Å². The quantitative estimate of drug-likeness (QED) is 0.415. The zero-order valence-corrected chi connectivity index (χ0v) is 21.3. The highest BCUT2D eigenvalue weighted by molar-refractivity contribution is 7.99. The first kappa shape index (κ1) is 23.2. The first-order valence-corrected chi connectivity index (χ1v) is 12.6. The number of halogens is 2. The Bertz CT molecular complexity index is 1160. The Morgan fingerprint density at radius 2 is 1.88 bits per heavy atom. The van der Waals surface area contributed by atoms with Gasteiger partial charge >= 0.3 is 0 Å². The van der Waals surface area contributed by atoms with E-state index in [2.05, 4.69) is 50.4 Å². The number of rotatable bonds is 6. The number of allylic oxidation sites excluding steroid dienone is 5. The number of nitrogens with zero attached hydrogens (tertiary/aromatic N) is 1. The average molecular weight is 484 g/mol. The van der Waals surface area contributed by atoms with Gasteiger partial charge in [-0.2, -0.15) is 0 Å². The van der Waals surface area contributed by atoms with Crippen LogP contribution in [0.5, 0.6) is 0 Å². The summed E-state index contributed by atoms with van der Waals surface area (Å²) in [5, 5.41) is 5.15. The normalized spacial score (nSPS) is 15.7. The second-order valence-electron chi connectivity index (χ2n) is 8.74. The van der Waals surface area contributed by atoms with Gasteiger partial charge in [0, 0.05) is 37.7 Å². The predicted molar refractivity (Wildman–Crippen MR) is 141 cm³/mol. The van der Waals surface area contributed by atoms with Crippen molar-refractivity contribution < 1.29 is 0 Å². The van der Waals surface area contributed by atoms with Gasteiger partial charge in [0.15, 0.2) is 0 Å². The Hall–Kier alpha value is -1.94. The average Bonchev–Trinajstić information content (AvgIpc) is 3.58. The minimum absolute atomic E-state index is 0.593. The summed E-state index contributed by atoms with van der Waals surface area (Å²) in [5.74, 6) is 0.593. The van der Waals surface area contributed by atoms with Crippen LogP contribution in [-0.2, 0) is 0 Å². The summed E-state index contributed by atoms with van der Waals surface area (Å²) >= 11 is 14.1. The van der Waals surface area contributed by atoms with Crippen molar-refractivity contribution in [2.45, 2.75) is 50.3 Å². The maximum atomic E-state index is 6.35. The van der Waals surface area contributed by atoms with E-state index in [1.165, 1.54) is 29.7 Å². The molecule has 4 rings (SSSR count). The molecule has 1 aliphatic carbocycles. The standard InChI is InChI=1S/C27H28Cl2N2S/c1-16(2)15-30-27(19-7-8-19)20-9-12-24-23(13-20)31-26(17(3)5-6-18(4)28)22-11-10-21(29)14-25(22)32-24/h5-6,9-14,16,30H,7-8,15H2,1-4H3/b17-5+,18-6+. The minimum atomic E-state index is 0.593. The zero-order valence-electron chi connectivity index (χ0n) is 18.9. The van der Waals surface area contributed by atoms with Crippen LogP contribution in [0.1, 0.15) is 51.7 Å². The fraction of sp³-hybridized carbons (Fsp3) is 0.296. The number of hydrogen-bond acceptors (Lipinski definition) is 3. The predicted octanol–water partition coefficient (Wildman–Crippen LogP) is 8.76. The van der Waals surface area contributed by atoms with Crippen LogP contribution in [-0.4, -0.2) is 12.3 Å². The Morgan fingerprint density at radius 3 is 2.56 bits per heavy atom. The molecule has 2 nitrogen and oxygen atoms in total. The molecule has 1 heterocycles. The lowest BCUT2D eigenvalue weighted by Gasteiger charge is -2.15. The topological polar surface area (TPSA) is 24.4 Å². The highest BCUT2D eigenvalue weighted by Gasteiger charge is 2.22. The summed E-state index contributed by atoms with van der Waals surface area (Å²) in [4.78, 5) is 7.41. The van der Waals surface area contributed by atoms with Gasteiger partial charge in [-0.25, -0.2) is 4.99 Å². The van der Waals surface area contributed by atoms with Gasteiger partial charge in [-0.05, 0) is 79.7 Å². The van der Waals surface area contributed by atoms with Crippen molar-refractivity contribution in [2.24, 2.45) is 10.9 Å². The minimum Gasteiger partial charge on any atom is -0.384 e. The first-order valence-electron chi connectivity index (χ1n) is 11.0. The molecule has 0 bridgehead atoms. The van der Waals surface area contributed by atoms with Crippen LogP contribution >= 0.6 is 35.0 Å². The number of benzene rings is 2. The molecule has 1 saturated carbocycles. The Kier molecular flexibility index (Phi) is 7.19. The summed E-state index contributed by atoms with van der Waals surface area (Å²) in [6.45, 7) is 9.40. The van der Waals surface area contributed by atoms with E-state index in [0.717, 1.165) is 48.9 Å². The third-order valence-electron chi connectivity index (χ3n) is 5.38. The molecule has 0 unspecified atom stereocenters. The number of hydrogen-bond donors (Lipinski definition) is 1. The van der Waals surface area contributed by atoms with E-state index in [4.69, 9.17) is 28.2 Å². The van der Waals surface area contributed by atoms with Gasteiger partial charge in [0.1, 0.15) is 0 Å². The largest absolute Gasteiger partial charge is 0.384 e. The number of fused-ring (bicyclic) bond motifs is 2. The SMILES string of the molecule is C/C(Cl)=C\C=C(/C)C1=Nc2cc(C(NCC(C)C)=C3CC3)ccc2Sc2cc(Cl)ccc21. The van der Waals surface area contributed by atoms with Crippen molar-refractivity contribution in [3.63, 3.8) is 0 Å². The van der Waals surface area contributed by atoms with Gasteiger partial charge in [-0.3, -0.25) is 0 Å². The van der Waals surface area contributed by atoms with Gasteiger partial charge < -0.3 is 5.32 Å². The summed E-state index contributed by atoms with van der Waals surface area (Å²) in [6.07, 6.45) is 6.30. The lowest BCUT2D eigenvalue weighted by atomic mass is 10.0. The molecule has 2 aromatic rings. The van der Waals surface area contributed by atoms with Crippen molar-refractivity contribution >= 4 is 52.1 Å². The van der Waals surface area contributed by atoms with Gasteiger partial charge in [-0.15, -0.1) is 0 Å². The molecule has 1 aliphatic heterocycles. The molecule has 0 spiro atoms. The van der Waals surface area contributed by atoms with Crippen LogP contribution in [0.2, 0.25) is 5.02 Å². The molecule has 1 N–H and O–H groups in total. The van der Waals surface area contributed by atoms with Gasteiger partial charge in [0.25, 0.3) is 0 Å². The van der Waals surface area contributed by atoms with Crippen molar-refractivity contribution in [3.05, 3.63) is 80.9 Å². The van der Waals surface area contributed by atoms with Crippen LogP contribution in [0.25, 0.3) is 5.70 Å². The van der Waals surface area contributed by atoms with Crippen LogP contribution in [0.15, 0.2) is 79.5 Å². The molecule has 2 aliphatic rings. The molecule has 32 heavy (non-hydrogen) atoms. The summed E-state index contributed by atoms with van der Waals surface area (Å²) in [5.41, 5.74) is 8.08. The molecule has 0 radical (unpaired) electrons. The Morgan fingerprint density at radius 1 is 1.09 bits per heavy atom. The van der Waals surface area contributed by atoms with E-state index in [9.17, 15) is 0 Å². The molecule has 1 fully saturated rings. The Balaban J connectivity index is 1.82. The van der Waals surface area contributed by atoms with Gasteiger partial charge in [0.2, 0.25) is 0 Å². The number of aliphatic imine (C=N–C) groups is 1. The monoisotopic (exact) mass is 482 g/mol. The van der Waals surface area contributed by atoms with Crippen molar-refractivity contribution in [3.8, 4) is 0 Å². The molecule has 0 atom stereocenters. The first-order chi connectivity index (χ1) is 15.3. The molecule has 0 saturated heterocycles. The fourth-order valence-electron chi connectivity index (χ4n) is 3.59.